The molecule has 6 nitrogen and oxygen atoms in total. The molecule has 1 aliphatic heterocycles. The molecule has 2 aromatic carbocycles. The van der Waals surface area contributed by atoms with Gasteiger partial charge >= 0.3 is 5.97 Å². The van der Waals surface area contributed by atoms with Crippen molar-refractivity contribution in [1.29, 1.82) is 0 Å². The number of para-hydroxylation sites is 2. The summed E-state index contributed by atoms with van der Waals surface area (Å²) in [6.45, 7) is 1.86. The van der Waals surface area contributed by atoms with Crippen LogP contribution in [-0.2, 0) is 14.3 Å². The van der Waals surface area contributed by atoms with Crippen molar-refractivity contribution < 1.29 is 23.5 Å². The lowest BCUT2D eigenvalue weighted by atomic mass is 9.71. The number of hydrogen-bond donors (Lipinski definition) is 1. The summed E-state index contributed by atoms with van der Waals surface area (Å²) in [5, 5.41) is 4.00. The maximum absolute atomic E-state index is 14.8. The van der Waals surface area contributed by atoms with Gasteiger partial charge in [0.15, 0.2) is 5.78 Å². The molecular formula is C33H33FN2O4. The molecule has 1 saturated carbocycles. The zero-order valence-corrected chi connectivity index (χ0v) is 22.8. The van der Waals surface area contributed by atoms with Crippen LogP contribution < -0.4 is 10.1 Å². The van der Waals surface area contributed by atoms with Crippen LogP contribution in [0.5, 0.6) is 5.75 Å². The number of allylic oxidation sites excluding steroid dienone is 3. The highest BCUT2D eigenvalue weighted by Gasteiger charge is 2.43. The molecule has 3 aliphatic rings. The molecule has 2 aliphatic carbocycles. The van der Waals surface area contributed by atoms with Crippen molar-refractivity contribution in [3.63, 3.8) is 0 Å². The van der Waals surface area contributed by atoms with Gasteiger partial charge in [-0.1, -0.05) is 36.8 Å². The van der Waals surface area contributed by atoms with Gasteiger partial charge in [0.25, 0.3) is 0 Å². The number of carbonyl (C=O) groups is 2. The third kappa shape index (κ3) is 4.67. The highest BCUT2D eigenvalue weighted by molar-refractivity contribution is 6.05. The number of dihydropyridines is 1. The predicted octanol–water partition coefficient (Wildman–Crippen LogP) is 6.62. The SMILES string of the molecule is COc1ccccc1C1CC(=O)C2=C(C1)NC(C)=C(C(=O)OC1CCCCC1)[C@H]2c1ccnc2c(F)cccc12. The van der Waals surface area contributed by atoms with E-state index in [0.29, 0.717) is 34.2 Å². The van der Waals surface area contributed by atoms with E-state index in [9.17, 15) is 14.0 Å². The largest absolute Gasteiger partial charge is 0.496 e. The second-order valence-electron chi connectivity index (χ2n) is 11.0. The summed E-state index contributed by atoms with van der Waals surface area (Å²) in [4.78, 5) is 32.2. The number of ether oxygens (including phenoxy) is 2. The maximum atomic E-state index is 14.8. The first-order valence-electron chi connectivity index (χ1n) is 14.1. The summed E-state index contributed by atoms with van der Waals surface area (Å²) in [6.07, 6.45) is 7.16. The van der Waals surface area contributed by atoms with Crippen LogP contribution in [-0.4, -0.2) is 30.0 Å². The van der Waals surface area contributed by atoms with Crippen molar-refractivity contribution in [2.75, 3.05) is 7.11 Å². The van der Waals surface area contributed by atoms with Crippen LogP contribution in [0.2, 0.25) is 0 Å². The normalized spacial score (nSPS) is 21.7. The van der Waals surface area contributed by atoms with Gasteiger partial charge in [-0.25, -0.2) is 9.18 Å². The van der Waals surface area contributed by atoms with Gasteiger partial charge in [0.05, 0.1) is 12.7 Å². The molecule has 3 aromatic rings. The van der Waals surface area contributed by atoms with Crippen LogP contribution >= 0.6 is 0 Å². The van der Waals surface area contributed by atoms with E-state index in [1.807, 2.05) is 31.2 Å². The molecule has 40 heavy (non-hydrogen) atoms. The van der Waals surface area contributed by atoms with Gasteiger partial charge in [-0.15, -0.1) is 0 Å². The first-order chi connectivity index (χ1) is 19.5. The van der Waals surface area contributed by atoms with Crippen LogP contribution in [0.3, 0.4) is 0 Å². The Labute approximate surface area is 233 Å². The summed E-state index contributed by atoms with van der Waals surface area (Å²) in [5.74, 6) is -0.936. The Morgan fingerprint density at radius 2 is 1.80 bits per heavy atom. The number of rotatable bonds is 5. The first-order valence-corrected chi connectivity index (χ1v) is 14.1. The minimum Gasteiger partial charge on any atom is -0.496 e. The summed E-state index contributed by atoms with van der Waals surface area (Å²) in [5.41, 5.74) is 4.26. The maximum Gasteiger partial charge on any atom is 0.337 e. The lowest BCUT2D eigenvalue weighted by molar-refractivity contribution is -0.146. The molecule has 1 unspecified atom stereocenters. The summed E-state index contributed by atoms with van der Waals surface area (Å²) in [6, 6.07) is 14.4. The van der Waals surface area contributed by atoms with Gasteiger partial charge in [0.1, 0.15) is 23.2 Å². The molecular weight excluding hydrogens is 507 g/mol. The van der Waals surface area contributed by atoms with Gasteiger partial charge in [-0.2, -0.15) is 0 Å². The van der Waals surface area contributed by atoms with Crippen molar-refractivity contribution in [2.24, 2.45) is 0 Å². The number of benzene rings is 2. The molecule has 0 amide bonds. The van der Waals surface area contributed by atoms with Crippen LogP contribution in [0.25, 0.3) is 10.9 Å². The summed E-state index contributed by atoms with van der Waals surface area (Å²) >= 11 is 0. The van der Waals surface area contributed by atoms with E-state index in [0.717, 1.165) is 49.1 Å². The van der Waals surface area contributed by atoms with Crippen LogP contribution in [0.1, 0.15) is 74.8 Å². The van der Waals surface area contributed by atoms with Crippen LogP contribution in [0.15, 0.2) is 77.3 Å². The van der Waals surface area contributed by atoms with E-state index in [-0.39, 0.29) is 29.7 Å². The fraction of sp³-hybridized carbons (Fsp3) is 0.364. The Morgan fingerprint density at radius 1 is 1.00 bits per heavy atom. The Bertz CT molecular complexity index is 1550. The Kier molecular flexibility index (Phi) is 7.13. The lowest BCUT2D eigenvalue weighted by Gasteiger charge is -2.37. The second-order valence-corrected chi connectivity index (χ2v) is 11.0. The standard InChI is InChI=1S/C33H33FN2O4/c1-19-29(33(38)40-21-9-4-3-5-10-21)30(23-15-16-35-32-24(23)12-8-13-25(32)34)31-26(36-19)17-20(18-27(31)37)22-11-6-7-14-28(22)39-2/h6-8,11-16,20-21,30,36H,3-5,9-10,17-18H2,1-2H3/t20?,30-/m1/s1. The highest BCUT2D eigenvalue weighted by Crippen LogP contribution is 2.48. The lowest BCUT2D eigenvalue weighted by Crippen LogP contribution is -2.37. The molecule has 1 N–H and O–H groups in total. The molecule has 0 saturated heterocycles. The number of nitrogens with zero attached hydrogens (tertiary/aromatic N) is 1. The molecule has 0 spiro atoms. The predicted molar refractivity (Wildman–Crippen MR) is 150 cm³/mol. The molecule has 1 fully saturated rings. The quantitative estimate of drug-likeness (QED) is 0.367. The average molecular weight is 541 g/mol. The number of aromatic nitrogens is 1. The Morgan fingerprint density at radius 3 is 2.60 bits per heavy atom. The smallest absolute Gasteiger partial charge is 0.337 e. The fourth-order valence-corrected chi connectivity index (χ4v) is 6.66. The number of nitrogens with one attached hydrogen (secondary N) is 1. The number of pyridine rings is 1. The van der Waals surface area contributed by atoms with E-state index < -0.39 is 17.7 Å². The molecule has 0 bridgehead atoms. The fourth-order valence-electron chi connectivity index (χ4n) is 6.66. The van der Waals surface area contributed by atoms with Gasteiger partial charge in [-0.05, 0) is 68.4 Å². The third-order valence-corrected chi connectivity index (χ3v) is 8.52. The van der Waals surface area contributed by atoms with E-state index in [4.69, 9.17) is 9.47 Å². The van der Waals surface area contributed by atoms with Gasteiger partial charge in [0.2, 0.25) is 0 Å². The first kappa shape index (κ1) is 26.2. The van der Waals surface area contributed by atoms with Crippen LogP contribution in [0.4, 0.5) is 4.39 Å². The monoisotopic (exact) mass is 540 g/mol. The number of carbonyl (C=O) groups excluding carboxylic acids is 2. The van der Waals surface area contributed by atoms with Crippen molar-refractivity contribution in [3.8, 4) is 5.75 Å². The molecule has 206 valence electrons. The molecule has 7 heteroatoms. The topological polar surface area (TPSA) is 77.5 Å². The number of methoxy groups -OCH3 is 1. The number of fused-ring (bicyclic) bond motifs is 1. The van der Waals surface area contributed by atoms with Crippen molar-refractivity contribution in [2.45, 2.75) is 69.8 Å². The summed E-state index contributed by atoms with van der Waals surface area (Å²) < 4.78 is 26.5. The summed E-state index contributed by atoms with van der Waals surface area (Å²) in [7, 11) is 1.63. The zero-order chi connectivity index (χ0) is 27.8. The molecule has 2 atom stereocenters. The number of ketones is 1. The van der Waals surface area contributed by atoms with Crippen molar-refractivity contribution >= 4 is 22.7 Å². The number of esters is 1. The Balaban J connectivity index is 1.47. The van der Waals surface area contributed by atoms with E-state index in [1.165, 1.54) is 6.07 Å². The molecule has 6 rings (SSSR count). The molecule has 1 aromatic heterocycles. The van der Waals surface area contributed by atoms with Crippen molar-refractivity contribution in [1.82, 2.24) is 10.3 Å². The minimum absolute atomic E-state index is 0.0495. The van der Waals surface area contributed by atoms with E-state index in [2.05, 4.69) is 10.3 Å². The van der Waals surface area contributed by atoms with Gasteiger partial charge < -0.3 is 14.8 Å². The van der Waals surface area contributed by atoms with Crippen molar-refractivity contribution in [3.05, 3.63) is 94.2 Å². The average Bonchev–Trinajstić information content (AvgIpc) is 2.96. The third-order valence-electron chi connectivity index (χ3n) is 8.52. The van der Waals surface area contributed by atoms with Crippen LogP contribution in [0, 0.1) is 5.82 Å². The van der Waals surface area contributed by atoms with E-state index in [1.54, 1.807) is 31.5 Å². The van der Waals surface area contributed by atoms with E-state index >= 15 is 0 Å². The van der Waals surface area contributed by atoms with Gasteiger partial charge in [0, 0.05) is 46.8 Å². The highest BCUT2D eigenvalue weighted by atomic mass is 19.1. The molecule has 2 heterocycles. The number of hydrogen-bond acceptors (Lipinski definition) is 6. The minimum atomic E-state index is -0.689. The second kappa shape index (κ2) is 10.9. The van der Waals surface area contributed by atoms with Gasteiger partial charge in [-0.3, -0.25) is 9.78 Å². The Hall–Kier alpha value is -4.00. The number of halogens is 1. The molecule has 0 radical (unpaired) electrons. The number of Topliss-reactive ketones (excluding diaryl/α,β-unsaturated/α-hetero) is 1. The zero-order valence-electron chi connectivity index (χ0n) is 22.8.